The first-order chi connectivity index (χ1) is 16.3. The molecule has 1 unspecified atom stereocenters. The minimum Gasteiger partial charge on any atom is -0.497 e. The number of rotatable bonds is 6. The summed E-state index contributed by atoms with van der Waals surface area (Å²) in [5.74, 6) is 1.11. The molecule has 0 bridgehead atoms. The monoisotopic (exact) mass is 515 g/mol. The molecular weight excluding hydrogens is 497 g/mol. The average molecular weight is 516 g/mol. The molecule has 0 aliphatic rings. The highest BCUT2D eigenvalue weighted by Crippen LogP contribution is 2.29. The highest BCUT2D eigenvalue weighted by atomic mass is 35.5. The number of nitrogens with one attached hydrogen (secondary N) is 2. The fraction of sp³-hybridized carbons (Fsp3) is 0.125. The van der Waals surface area contributed by atoms with E-state index in [9.17, 15) is 4.79 Å². The maximum Gasteiger partial charge on any atom is 0.266 e. The molecule has 1 heterocycles. The summed E-state index contributed by atoms with van der Waals surface area (Å²) in [5.41, 5.74) is 2.84. The van der Waals surface area contributed by atoms with Crippen molar-refractivity contribution in [3.63, 3.8) is 0 Å². The fourth-order valence-electron chi connectivity index (χ4n) is 3.04. The number of amides is 1. The molecule has 7 nitrogen and oxygen atoms in total. The summed E-state index contributed by atoms with van der Waals surface area (Å²) in [7, 11) is 1.60. The van der Waals surface area contributed by atoms with Crippen molar-refractivity contribution in [3.8, 4) is 23.0 Å². The van der Waals surface area contributed by atoms with E-state index < -0.39 is 12.0 Å². The lowest BCUT2D eigenvalue weighted by Gasteiger charge is -2.16. The zero-order chi connectivity index (χ0) is 24.2. The Labute approximate surface area is 211 Å². The number of methoxy groups -OCH3 is 1. The van der Waals surface area contributed by atoms with E-state index in [0.29, 0.717) is 44.2 Å². The van der Waals surface area contributed by atoms with E-state index in [1.54, 1.807) is 38.3 Å². The predicted molar refractivity (Wildman–Crippen MR) is 137 cm³/mol. The molecule has 0 spiro atoms. The number of carbonyl (C=O) groups excluding carboxylic acids is 1. The minimum atomic E-state index is -0.835. The van der Waals surface area contributed by atoms with E-state index in [4.69, 9.17) is 49.3 Å². The van der Waals surface area contributed by atoms with Crippen molar-refractivity contribution >= 4 is 63.2 Å². The van der Waals surface area contributed by atoms with Crippen LogP contribution in [0, 0.1) is 0 Å². The van der Waals surface area contributed by atoms with Gasteiger partial charge in [0.15, 0.2) is 16.8 Å². The third kappa shape index (κ3) is 5.59. The molecule has 0 aliphatic carbocycles. The van der Waals surface area contributed by atoms with Crippen molar-refractivity contribution < 1.29 is 18.7 Å². The first kappa shape index (κ1) is 23.8. The Morgan fingerprint density at radius 3 is 2.56 bits per heavy atom. The zero-order valence-electron chi connectivity index (χ0n) is 18.1. The number of halogens is 2. The first-order valence-corrected chi connectivity index (χ1v) is 11.3. The SMILES string of the molecule is COc1ccc2oc(-c3ccc(NC(=S)NC(=O)C(C)Oc4ccc(Cl)cc4Cl)cc3)nc2c1. The molecule has 10 heteroatoms. The maximum absolute atomic E-state index is 12.4. The van der Waals surface area contributed by atoms with Gasteiger partial charge in [-0.05, 0) is 73.7 Å². The number of anilines is 1. The van der Waals surface area contributed by atoms with Crippen molar-refractivity contribution in [2.75, 3.05) is 12.4 Å². The summed E-state index contributed by atoms with van der Waals surface area (Å²) in [6.45, 7) is 1.59. The van der Waals surface area contributed by atoms with Crippen molar-refractivity contribution in [1.82, 2.24) is 10.3 Å². The lowest BCUT2D eigenvalue weighted by atomic mass is 10.2. The van der Waals surface area contributed by atoms with Crippen LogP contribution in [0.3, 0.4) is 0 Å². The van der Waals surface area contributed by atoms with Crippen molar-refractivity contribution in [1.29, 1.82) is 0 Å². The third-order valence-electron chi connectivity index (χ3n) is 4.79. The van der Waals surface area contributed by atoms with Crippen LogP contribution in [0.5, 0.6) is 11.5 Å². The van der Waals surface area contributed by atoms with Crippen LogP contribution in [0.4, 0.5) is 5.69 Å². The number of hydrogen-bond acceptors (Lipinski definition) is 6. The molecule has 0 fully saturated rings. The molecule has 1 atom stereocenters. The van der Waals surface area contributed by atoms with Crippen LogP contribution in [-0.2, 0) is 4.79 Å². The Morgan fingerprint density at radius 1 is 1.09 bits per heavy atom. The minimum absolute atomic E-state index is 0.129. The van der Waals surface area contributed by atoms with Gasteiger partial charge in [-0.15, -0.1) is 0 Å². The topological polar surface area (TPSA) is 85.6 Å². The molecule has 0 aliphatic heterocycles. The molecule has 0 saturated heterocycles. The lowest BCUT2D eigenvalue weighted by Crippen LogP contribution is -2.42. The molecule has 0 radical (unpaired) electrons. The Balaban J connectivity index is 1.35. The van der Waals surface area contributed by atoms with Gasteiger partial charge in [-0.1, -0.05) is 23.2 Å². The summed E-state index contributed by atoms with van der Waals surface area (Å²) in [4.78, 5) is 16.9. The summed E-state index contributed by atoms with van der Waals surface area (Å²) < 4.78 is 16.6. The van der Waals surface area contributed by atoms with Crippen LogP contribution in [0.15, 0.2) is 65.1 Å². The van der Waals surface area contributed by atoms with Gasteiger partial charge in [0, 0.05) is 22.3 Å². The second kappa shape index (κ2) is 10.3. The number of aromatic nitrogens is 1. The van der Waals surface area contributed by atoms with Gasteiger partial charge in [0.05, 0.1) is 12.1 Å². The second-order valence-corrected chi connectivity index (χ2v) is 8.46. The van der Waals surface area contributed by atoms with Crippen LogP contribution in [-0.4, -0.2) is 29.2 Å². The number of nitrogens with zero attached hydrogens (tertiary/aromatic N) is 1. The first-order valence-electron chi connectivity index (χ1n) is 10.1. The zero-order valence-corrected chi connectivity index (χ0v) is 20.4. The van der Waals surface area contributed by atoms with Crippen LogP contribution in [0.1, 0.15) is 6.92 Å². The van der Waals surface area contributed by atoms with E-state index in [1.165, 1.54) is 6.07 Å². The molecule has 1 aromatic heterocycles. The highest BCUT2D eigenvalue weighted by molar-refractivity contribution is 7.80. The van der Waals surface area contributed by atoms with Crippen molar-refractivity contribution in [3.05, 3.63) is 70.7 Å². The second-order valence-electron chi connectivity index (χ2n) is 7.21. The molecule has 1 amide bonds. The Kier molecular flexibility index (Phi) is 7.21. The van der Waals surface area contributed by atoms with Gasteiger partial charge in [-0.25, -0.2) is 4.98 Å². The molecule has 3 aromatic carbocycles. The molecular formula is C24H19Cl2N3O4S. The van der Waals surface area contributed by atoms with Crippen molar-refractivity contribution in [2.24, 2.45) is 0 Å². The number of oxazole rings is 1. The smallest absolute Gasteiger partial charge is 0.266 e. The van der Waals surface area contributed by atoms with Gasteiger partial charge >= 0.3 is 0 Å². The van der Waals surface area contributed by atoms with Gasteiger partial charge in [-0.2, -0.15) is 0 Å². The van der Waals surface area contributed by atoms with E-state index in [0.717, 1.165) is 5.56 Å². The van der Waals surface area contributed by atoms with E-state index in [1.807, 2.05) is 30.3 Å². The van der Waals surface area contributed by atoms with E-state index in [2.05, 4.69) is 15.6 Å². The summed E-state index contributed by atoms with van der Waals surface area (Å²) in [5, 5.41) is 6.48. The summed E-state index contributed by atoms with van der Waals surface area (Å²) >= 11 is 17.2. The van der Waals surface area contributed by atoms with E-state index in [-0.39, 0.29) is 5.11 Å². The number of fused-ring (bicyclic) bond motifs is 1. The van der Waals surface area contributed by atoms with Gasteiger partial charge in [0.1, 0.15) is 17.0 Å². The van der Waals surface area contributed by atoms with Crippen molar-refractivity contribution in [2.45, 2.75) is 13.0 Å². The summed E-state index contributed by atoms with van der Waals surface area (Å²) in [6, 6.07) is 17.5. The molecule has 4 rings (SSSR count). The Hall–Kier alpha value is -3.33. The quantitative estimate of drug-likeness (QED) is 0.300. The molecule has 0 saturated carbocycles. The summed E-state index contributed by atoms with van der Waals surface area (Å²) in [6.07, 6.45) is -0.835. The van der Waals surface area contributed by atoms with Crippen LogP contribution in [0.2, 0.25) is 10.0 Å². The van der Waals surface area contributed by atoms with Crippen LogP contribution < -0.4 is 20.1 Å². The van der Waals surface area contributed by atoms with Gasteiger partial charge in [0.25, 0.3) is 5.91 Å². The van der Waals surface area contributed by atoms with E-state index >= 15 is 0 Å². The number of ether oxygens (including phenoxy) is 2. The third-order valence-corrected chi connectivity index (χ3v) is 5.52. The molecule has 2 N–H and O–H groups in total. The number of thiocarbonyl (C=S) groups is 1. The maximum atomic E-state index is 12.4. The van der Waals surface area contributed by atoms with Crippen LogP contribution >= 0.6 is 35.4 Å². The van der Waals surface area contributed by atoms with Gasteiger partial charge < -0.3 is 19.2 Å². The average Bonchev–Trinajstić information content (AvgIpc) is 3.24. The van der Waals surface area contributed by atoms with Crippen LogP contribution in [0.25, 0.3) is 22.6 Å². The fourth-order valence-corrected chi connectivity index (χ4v) is 3.72. The Bertz CT molecular complexity index is 1360. The Morgan fingerprint density at radius 2 is 1.85 bits per heavy atom. The normalized spacial score (nSPS) is 11.6. The number of hydrogen-bond donors (Lipinski definition) is 2. The van der Waals surface area contributed by atoms with Gasteiger partial charge in [-0.3, -0.25) is 10.1 Å². The molecule has 4 aromatic rings. The predicted octanol–water partition coefficient (Wildman–Crippen LogP) is 6.09. The largest absolute Gasteiger partial charge is 0.497 e. The van der Waals surface area contributed by atoms with Gasteiger partial charge in [0.2, 0.25) is 5.89 Å². The molecule has 174 valence electrons. The number of carbonyl (C=O) groups is 1. The number of benzene rings is 3. The highest BCUT2D eigenvalue weighted by Gasteiger charge is 2.18. The molecule has 34 heavy (non-hydrogen) atoms. The standard InChI is InChI=1S/C24H19Cl2N3O4S/c1-13(32-20-9-5-15(25)11-18(20)26)22(30)29-24(34)27-16-6-3-14(4-7-16)23-28-19-12-17(31-2)8-10-21(19)33-23/h3-13H,1-2H3,(H2,27,29,30,34). The lowest BCUT2D eigenvalue weighted by molar-refractivity contribution is -0.125.